The maximum atomic E-state index is 13.3. The summed E-state index contributed by atoms with van der Waals surface area (Å²) >= 11 is 0. The van der Waals surface area contributed by atoms with E-state index in [0.717, 1.165) is 10.7 Å². The molecule has 0 aliphatic heterocycles. The van der Waals surface area contributed by atoms with Crippen molar-refractivity contribution in [1.82, 2.24) is 9.66 Å². The molecule has 4 aromatic rings. The fourth-order valence-electron chi connectivity index (χ4n) is 3.56. The van der Waals surface area contributed by atoms with E-state index in [1.54, 1.807) is 55.5 Å². The Hall–Kier alpha value is -5.06. The van der Waals surface area contributed by atoms with Gasteiger partial charge in [-0.3, -0.25) is 14.9 Å². The van der Waals surface area contributed by atoms with Crippen LogP contribution in [-0.4, -0.2) is 44.6 Å². The molecule has 0 spiro atoms. The average molecular weight is 502 g/mol. The lowest BCUT2D eigenvalue weighted by Gasteiger charge is -2.15. The summed E-state index contributed by atoms with van der Waals surface area (Å²) < 4.78 is 12.0. The van der Waals surface area contributed by atoms with Crippen LogP contribution in [0.1, 0.15) is 19.4 Å². The van der Waals surface area contributed by atoms with Gasteiger partial charge in [-0.25, -0.2) is 9.78 Å². The molecule has 3 aromatic carbocycles. The van der Waals surface area contributed by atoms with Crippen molar-refractivity contribution >= 4 is 28.8 Å². The molecular formula is C26H22N4O7. The number of fused-ring (bicyclic) bond motifs is 1. The molecule has 0 saturated heterocycles. The third-order valence-electron chi connectivity index (χ3n) is 5.30. The lowest BCUT2D eigenvalue weighted by molar-refractivity contribution is -0.386. The van der Waals surface area contributed by atoms with Crippen LogP contribution in [0.2, 0.25) is 0 Å². The predicted molar refractivity (Wildman–Crippen MR) is 136 cm³/mol. The molecule has 4 rings (SSSR count). The summed E-state index contributed by atoms with van der Waals surface area (Å²) in [5.41, 5.74) is 0.448. The minimum atomic E-state index is -1.35. The summed E-state index contributed by atoms with van der Waals surface area (Å²) in [6.07, 6.45) is -0.0855. The van der Waals surface area contributed by atoms with Crippen molar-refractivity contribution in [3.63, 3.8) is 0 Å². The van der Waals surface area contributed by atoms with Gasteiger partial charge in [-0.05, 0) is 32.0 Å². The molecule has 0 fully saturated rings. The summed E-state index contributed by atoms with van der Waals surface area (Å²) in [4.78, 5) is 40.3. The third-order valence-corrected chi connectivity index (χ3v) is 5.30. The van der Waals surface area contributed by atoms with Gasteiger partial charge >= 0.3 is 11.7 Å². The topological polar surface area (TPSA) is 146 Å². The Balaban J connectivity index is 1.87. The molecule has 0 radical (unpaired) electrons. The highest BCUT2D eigenvalue weighted by molar-refractivity contribution is 5.84. The molecule has 11 nitrogen and oxygen atoms in total. The van der Waals surface area contributed by atoms with Crippen LogP contribution in [0.25, 0.3) is 22.3 Å². The number of benzene rings is 3. The zero-order chi connectivity index (χ0) is 26.5. The SMILES string of the molecule is CCOc1cc(C=Nn2c(-c3ccccc3)nc3ccccc3c2=O)cc([N+](=O)[O-])c1O[C@@H](C)C(=O)O. The average Bonchev–Trinajstić information content (AvgIpc) is 2.89. The number of carboxylic acids is 1. The lowest BCUT2D eigenvalue weighted by atomic mass is 10.1. The number of nitro groups is 1. The molecule has 11 heteroatoms. The third kappa shape index (κ3) is 5.30. The van der Waals surface area contributed by atoms with Gasteiger partial charge < -0.3 is 14.6 Å². The summed E-state index contributed by atoms with van der Waals surface area (Å²) in [6, 6.07) is 18.5. The van der Waals surface area contributed by atoms with E-state index in [1.165, 1.54) is 19.2 Å². The minimum Gasteiger partial charge on any atom is -0.490 e. The summed E-state index contributed by atoms with van der Waals surface area (Å²) in [7, 11) is 0. The quantitative estimate of drug-likeness (QED) is 0.204. The highest BCUT2D eigenvalue weighted by Gasteiger charge is 2.26. The van der Waals surface area contributed by atoms with Gasteiger partial charge in [0.15, 0.2) is 17.7 Å². The van der Waals surface area contributed by atoms with Crippen LogP contribution in [0.5, 0.6) is 11.5 Å². The largest absolute Gasteiger partial charge is 0.490 e. The second-order valence-corrected chi connectivity index (χ2v) is 7.84. The number of para-hydroxylation sites is 1. The molecule has 0 aliphatic rings. The number of hydrogen-bond donors (Lipinski definition) is 1. The number of nitro benzene ring substituents is 1. The number of rotatable bonds is 9. The number of ether oxygens (including phenoxy) is 2. The van der Waals surface area contributed by atoms with E-state index >= 15 is 0 Å². The van der Waals surface area contributed by atoms with Crippen LogP contribution < -0.4 is 15.0 Å². The smallest absolute Gasteiger partial charge is 0.344 e. The predicted octanol–water partition coefficient (Wildman–Crippen LogP) is 4.10. The van der Waals surface area contributed by atoms with Crippen molar-refractivity contribution in [2.45, 2.75) is 20.0 Å². The number of carboxylic acid groups (broad SMARTS) is 1. The zero-order valence-corrected chi connectivity index (χ0v) is 19.9. The van der Waals surface area contributed by atoms with Gasteiger partial charge in [0, 0.05) is 17.2 Å². The van der Waals surface area contributed by atoms with Crippen molar-refractivity contribution in [1.29, 1.82) is 0 Å². The fourth-order valence-corrected chi connectivity index (χ4v) is 3.56. The minimum absolute atomic E-state index is 0.0292. The van der Waals surface area contributed by atoms with Crippen LogP contribution in [-0.2, 0) is 4.79 Å². The molecule has 1 heterocycles. The van der Waals surface area contributed by atoms with Crippen molar-refractivity contribution < 1.29 is 24.3 Å². The summed E-state index contributed by atoms with van der Waals surface area (Å²) in [5.74, 6) is -1.35. The van der Waals surface area contributed by atoms with Gasteiger partial charge in [-0.2, -0.15) is 9.78 Å². The van der Waals surface area contributed by atoms with Gasteiger partial charge in [0.1, 0.15) is 0 Å². The van der Waals surface area contributed by atoms with Gasteiger partial charge in [0.05, 0.1) is 28.6 Å². The first-order valence-electron chi connectivity index (χ1n) is 11.3. The molecule has 0 amide bonds. The summed E-state index contributed by atoms with van der Waals surface area (Å²) in [5, 5.41) is 25.7. The second-order valence-electron chi connectivity index (χ2n) is 7.84. The van der Waals surface area contributed by atoms with Gasteiger partial charge in [0.25, 0.3) is 5.56 Å². The number of aromatic nitrogens is 2. The molecule has 0 saturated carbocycles. The zero-order valence-electron chi connectivity index (χ0n) is 19.9. The molecule has 0 unspecified atom stereocenters. The normalized spacial score (nSPS) is 11.9. The van der Waals surface area contributed by atoms with Crippen molar-refractivity contribution in [3.05, 3.63) is 92.8 Å². The van der Waals surface area contributed by atoms with E-state index in [9.17, 15) is 24.8 Å². The van der Waals surface area contributed by atoms with E-state index in [-0.39, 0.29) is 29.5 Å². The van der Waals surface area contributed by atoms with Crippen molar-refractivity contribution in [3.8, 4) is 22.9 Å². The monoisotopic (exact) mass is 502 g/mol. The molecular weight excluding hydrogens is 480 g/mol. The van der Waals surface area contributed by atoms with Crippen LogP contribution in [0.3, 0.4) is 0 Å². The number of carbonyl (C=O) groups is 1. The maximum Gasteiger partial charge on any atom is 0.344 e. The van der Waals surface area contributed by atoms with Crippen molar-refractivity contribution in [2.75, 3.05) is 6.61 Å². The Bertz CT molecular complexity index is 1560. The van der Waals surface area contributed by atoms with Crippen molar-refractivity contribution in [2.24, 2.45) is 5.10 Å². The van der Waals surface area contributed by atoms with Gasteiger partial charge in [-0.1, -0.05) is 42.5 Å². The first-order valence-corrected chi connectivity index (χ1v) is 11.3. The first kappa shape index (κ1) is 25.0. The molecule has 188 valence electrons. The Kier molecular flexibility index (Phi) is 7.23. The molecule has 1 atom stereocenters. The van der Waals surface area contributed by atoms with E-state index in [0.29, 0.717) is 16.5 Å². The lowest BCUT2D eigenvalue weighted by Crippen LogP contribution is -2.23. The highest BCUT2D eigenvalue weighted by Crippen LogP contribution is 2.39. The number of nitrogens with zero attached hydrogens (tertiary/aromatic N) is 4. The maximum absolute atomic E-state index is 13.3. The van der Waals surface area contributed by atoms with Gasteiger partial charge in [0.2, 0.25) is 5.75 Å². The van der Waals surface area contributed by atoms with Crippen LogP contribution >= 0.6 is 0 Å². The Morgan fingerprint density at radius 1 is 1.19 bits per heavy atom. The van der Waals surface area contributed by atoms with Crippen LogP contribution in [0, 0.1) is 10.1 Å². The standard InChI is InChI=1S/C26H22N4O7/c1-3-36-22-14-17(13-21(30(34)35)23(22)37-16(2)26(32)33)15-27-29-24(18-9-5-4-6-10-18)28-20-12-8-7-11-19(20)25(29)31/h4-16H,3H2,1-2H3,(H,32,33)/t16-/m0/s1. The molecule has 1 aromatic heterocycles. The Morgan fingerprint density at radius 2 is 1.89 bits per heavy atom. The molecule has 0 bridgehead atoms. The molecule has 1 N–H and O–H groups in total. The van der Waals surface area contributed by atoms with E-state index in [2.05, 4.69) is 10.1 Å². The first-order chi connectivity index (χ1) is 17.8. The second kappa shape index (κ2) is 10.7. The highest BCUT2D eigenvalue weighted by atomic mass is 16.6. The Morgan fingerprint density at radius 3 is 2.57 bits per heavy atom. The van der Waals surface area contributed by atoms with E-state index < -0.39 is 28.2 Å². The Labute approximate surface area is 210 Å². The van der Waals surface area contributed by atoms with Crippen LogP contribution in [0.15, 0.2) is 76.6 Å². The van der Waals surface area contributed by atoms with Crippen LogP contribution in [0.4, 0.5) is 5.69 Å². The molecule has 37 heavy (non-hydrogen) atoms. The van der Waals surface area contributed by atoms with E-state index in [1.807, 2.05) is 6.07 Å². The molecule has 0 aliphatic carbocycles. The summed E-state index contributed by atoms with van der Waals surface area (Å²) in [6.45, 7) is 3.06. The van der Waals surface area contributed by atoms with E-state index in [4.69, 9.17) is 9.47 Å². The number of hydrogen-bond acceptors (Lipinski definition) is 8. The van der Waals surface area contributed by atoms with Gasteiger partial charge in [-0.15, -0.1) is 0 Å². The number of aliphatic carboxylic acids is 1. The fraction of sp³-hybridized carbons (Fsp3) is 0.154.